The molecule has 4 rings (SSSR count). The van der Waals surface area contributed by atoms with Crippen LogP contribution in [0.3, 0.4) is 0 Å². The van der Waals surface area contributed by atoms with Gasteiger partial charge in [-0.3, -0.25) is 0 Å². The Morgan fingerprint density at radius 2 is 1.40 bits per heavy atom. The summed E-state index contributed by atoms with van der Waals surface area (Å²) in [6.07, 6.45) is 2.35. The van der Waals surface area contributed by atoms with Gasteiger partial charge in [-0.05, 0) is 22.8 Å². The number of hydrogen-bond donors (Lipinski definition) is 0. The summed E-state index contributed by atoms with van der Waals surface area (Å²) < 4.78 is 0. The average molecular weight is 533 g/mol. The Bertz CT molecular complexity index is 951. The first-order chi connectivity index (χ1) is 10.9. The van der Waals surface area contributed by atoms with E-state index in [9.17, 15) is 0 Å². The Hall–Kier alpha value is -1.02. The maximum atomic E-state index is 2.37. The van der Waals surface area contributed by atoms with Crippen LogP contribution in [0.5, 0.6) is 0 Å². The Labute approximate surface area is 180 Å². The fourth-order valence-electron chi connectivity index (χ4n) is 3.42. The number of rotatable bonds is 3. The summed E-state index contributed by atoms with van der Waals surface area (Å²) in [5, 5.41) is 5.37. The van der Waals surface area contributed by atoms with Gasteiger partial charge in [0.1, 0.15) is 0 Å². The Morgan fingerprint density at radius 1 is 0.760 bits per heavy atom. The minimum absolute atomic E-state index is 0. The number of benzene rings is 3. The van der Waals surface area contributed by atoms with Gasteiger partial charge in [-0.15, -0.1) is 34.5 Å². The molecule has 0 nitrogen and oxygen atoms in total. The molecule has 0 radical (unpaired) electrons. The third kappa shape index (κ3) is 4.22. The number of fused-ring (bicyclic) bond motifs is 2. The van der Waals surface area contributed by atoms with Crippen molar-refractivity contribution in [3.8, 4) is 11.1 Å². The van der Waals surface area contributed by atoms with Crippen LogP contribution in [0, 0.1) is 0 Å². The molecular weight excluding hydrogens is 514 g/mol. The fraction of sp³-hybridized carbons (Fsp3) is 0.136. The zero-order valence-corrected chi connectivity index (χ0v) is 19.2. The van der Waals surface area contributed by atoms with Crippen molar-refractivity contribution >= 4 is 21.5 Å². The first kappa shape index (κ1) is 22.0. The van der Waals surface area contributed by atoms with E-state index in [2.05, 4.69) is 79.7 Å². The molecule has 0 aliphatic heterocycles. The minimum atomic E-state index is 0. The third-order valence-electron chi connectivity index (χ3n) is 4.43. The van der Waals surface area contributed by atoms with Crippen LogP contribution in [0.25, 0.3) is 32.7 Å². The van der Waals surface area contributed by atoms with E-state index in [-0.39, 0.29) is 50.7 Å². The van der Waals surface area contributed by atoms with Crippen molar-refractivity contribution in [2.24, 2.45) is 0 Å². The van der Waals surface area contributed by atoms with Crippen molar-refractivity contribution in [1.29, 1.82) is 0 Å². The molecule has 0 N–H and O–H groups in total. The summed E-state index contributed by atoms with van der Waals surface area (Å²) in [6.45, 7) is 2.24. The van der Waals surface area contributed by atoms with Crippen LogP contribution in [-0.2, 0) is 32.3 Å². The monoisotopic (exact) mass is 533 g/mol. The molecule has 0 unspecified atom stereocenters. The molecule has 3 heteroatoms. The molecule has 0 aliphatic carbocycles. The van der Waals surface area contributed by atoms with Crippen LogP contribution in [0.2, 0.25) is 0 Å². The maximum absolute atomic E-state index is 2.37. The molecule has 0 heterocycles. The van der Waals surface area contributed by atoms with Crippen LogP contribution >= 0.6 is 0 Å². The van der Waals surface area contributed by atoms with Crippen molar-refractivity contribution in [3.63, 3.8) is 0 Å². The fourth-order valence-corrected chi connectivity index (χ4v) is 3.42. The molecule has 4 aromatic rings. The van der Waals surface area contributed by atoms with Crippen molar-refractivity contribution < 1.29 is 50.7 Å². The molecule has 0 amide bonds. The summed E-state index contributed by atoms with van der Waals surface area (Å²) >= 11 is 0. The van der Waals surface area contributed by atoms with E-state index in [1.54, 1.807) is 0 Å². The second-order valence-electron chi connectivity index (χ2n) is 5.95. The van der Waals surface area contributed by atoms with E-state index in [4.69, 9.17) is 0 Å². The molecule has 0 fully saturated rings. The Kier molecular flexibility index (Phi) is 8.47. The summed E-state index contributed by atoms with van der Waals surface area (Å²) in [5.41, 5.74) is 4.12. The molecule has 0 spiro atoms. The van der Waals surface area contributed by atoms with Crippen molar-refractivity contribution in [2.45, 2.75) is 19.8 Å². The standard InChI is InChI=1S/C22H19.2ClH.Hf/c1-2-7-16-14-18-10-6-13-21(22(18)15-16)20-12-5-9-17-8-3-4-11-19(17)20;;;/h3-6,8-15H,2,7H2,1H3;2*1H;/q-1;;;/p-2. The predicted octanol–water partition coefficient (Wildman–Crippen LogP) is 0.337. The first-order valence-electron chi connectivity index (χ1n) is 8.03. The second-order valence-corrected chi connectivity index (χ2v) is 5.95. The number of aryl methyl sites for hydroxylation is 1. The molecule has 4 aromatic carbocycles. The quantitative estimate of drug-likeness (QED) is 0.264. The SMILES string of the molecule is CCCc1cc2c(-c3cccc4ccccc34)cccc2[cH-]1.[Cl-].[Cl-].[Hf]. The second kappa shape index (κ2) is 9.62. The summed E-state index contributed by atoms with van der Waals surface area (Å²) in [7, 11) is 0. The Morgan fingerprint density at radius 3 is 2.16 bits per heavy atom. The van der Waals surface area contributed by atoms with E-state index >= 15 is 0 Å². The maximum Gasteiger partial charge on any atom is 0 e. The first-order valence-corrected chi connectivity index (χ1v) is 8.03. The van der Waals surface area contributed by atoms with E-state index in [0.29, 0.717) is 0 Å². The number of halogens is 2. The largest absolute Gasteiger partial charge is 1.00 e. The molecule has 0 saturated heterocycles. The van der Waals surface area contributed by atoms with Crippen LogP contribution in [-0.4, -0.2) is 0 Å². The molecule has 0 aromatic heterocycles. The van der Waals surface area contributed by atoms with Crippen LogP contribution in [0.1, 0.15) is 18.9 Å². The zero-order valence-electron chi connectivity index (χ0n) is 14.1. The van der Waals surface area contributed by atoms with Crippen molar-refractivity contribution in [3.05, 3.63) is 78.4 Å². The minimum Gasteiger partial charge on any atom is -1.00 e. The van der Waals surface area contributed by atoms with Gasteiger partial charge in [0.05, 0.1) is 0 Å². The van der Waals surface area contributed by atoms with E-state index in [1.807, 2.05) is 0 Å². The van der Waals surface area contributed by atoms with Crippen molar-refractivity contribution in [2.75, 3.05) is 0 Å². The topological polar surface area (TPSA) is 0 Å². The molecular formula is C22H19Cl2Hf-3. The number of hydrogen-bond acceptors (Lipinski definition) is 0. The summed E-state index contributed by atoms with van der Waals surface area (Å²) in [5.74, 6) is 0. The van der Waals surface area contributed by atoms with Gasteiger partial charge in [-0.25, -0.2) is 0 Å². The van der Waals surface area contributed by atoms with Gasteiger partial charge in [0.25, 0.3) is 0 Å². The molecule has 0 bridgehead atoms. The van der Waals surface area contributed by atoms with Gasteiger partial charge in [0.2, 0.25) is 0 Å². The summed E-state index contributed by atoms with van der Waals surface area (Å²) in [6, 6.07) is 26.6. The molecule has 25 heavy (non-hydrogen) atoms. The summed E-state index contributed by atoms with van der Waals surface area (Å²) in [4.78, 5) is 0. The van der Waals surface area contributed by atoms with E-state index in [0.717, 1.165) is 6.42 Å². The van der Waals surface area contributed by atoms with E-state index < -0.39 is 0 Å². The van der Waals surface area contributed by atoms with Gasteiger partial charge in [-0.2, -0.15) is 6.07 Å². The van der Waals surface area contributed by atoms with Gasteiger partial charge in [0.15, 0.2) is 0 Å². The average Bonchev–Trinajstić information content (AvgIpc) is 2.97. The van der Waals surface area contributed by atoms with Crippen molar-refractivity contribution in [1.82, 2.24) is 0 Å². The smallest absolute Gasteiger partial charge is 0 e. The third-order valence-corrected chi connectivity index (χ3v) is 4.43. The van der Waals surface area contributed by atoms with Crippen LogP contribution < -0.4 is 24.8 Å². The van der Waals surface area contributed by atoms with Gasteiger partial charge < -0.3 is 24.8 Å². The van der Waals surface area contributed by atoms with E-state index in [1.165, 1.54) is 44.7 Å². The van der Waals surface area contributed by atoms with Gasteiger partial charge >= 0.3 is 0 Å². The van der Waals surface area contributed by atoms with Gasteiger partial charge in [0, 0.05) is 25.8 Å². The molecule has 0 atom stereocenters. The normalized spacial score (nSPS) is 9.96. The van der Waals surface area contributed by atoms with Gasteiger partial charge in [-0.1, -0.05) is 67.4 Å². The van der Waals surface area contributed by atoms with Crippen LogP contribution in [0.15, 0.2) is 72.8 Å². The van der Waals surface area contributed by atoms with Crippen LogP contribution in [0.4, 0.5) is 0 Å². The molecule has 0 saturated carbocycles. The Balaban J connectivity index is 0.00000104. The zero-order chi connectivity index (χ0) is 14.9. The predicted molar refractivity (Wildman–Crippen MR) is 96.5 cm³/mol. The molecule has 0 aliphatic rings. The molecule has 128 valence electrons.